The molecule has 0 amide bonds. The summed E-state index contributed by atoms with van der Waals surface area (Å²) in [5.74, 6) is -0.179. The topological polar surface area (TPSA) is 186 Å². The normalized spacial score (nSPS) is 49.5. The van der Waals surface area contributed by atoms with Crippen LogP contribution in [0.4, 0.5) is 0 Å². The molecule has 1 aliphatic heterocycles. The Morgan fingerprint density at radius 1 is 0.837 bits per heavy atom. The van der Waals surface area contributed by atoms with Crippen LogP contribution in [0.3, 0.4) is 0 Å². The monoisotopic (exact) mass is 696 g/mol. The van der Waals surface area contributed by atoms with Crippen LogP contribution in [-0.4, -0.2) is 109 Å². The Morgan fingerprint density at radius 2 is 1.47 bits per heavy atom. The van der Waals surface area contributed by atoms with Crippen LogP contribution >= 0.6 is 0 Å². The molecule has 7 N–H and O–H groups in total. The van der Waals surface area contributed by atoms with Crippen molar-refractivity contribution in [2.45, 2.75) is 167 Å². The second-order valence-corrected chi connectivity index (χ2v) is 18.4. The third-order valence-electron chi connectivity index (χ3n) is 14.7. The summed E-state index contributed by atoms with van der Waals surface area (Å²) in [4.78, 5) is 11.4. The molecule has 0 aromatic rings. The molecular formula is C38H64O11. The number of hydrogen-bond donors (Lipinski definition) is 7. The highest BCUT2D eigenvalue weighted by molar-refractivity contribution is 5.65. The lowest BCUT2D eigenvalue weighted by Crippen LogP contribution is -2.73. The van der Waals surface area contributed by atoms with Gasteiger partial charge in [-0.25, -0.2) is 0 Å². The second-order valence-electron chi connectivity index (χ2n) is 18.4. The van der Waals surface area contributed by atoms with E-state index >= 15 is 0 Å². The highest BCUT2D eigenvalue weighted by Gasteiger charge is 2.73. The van der Waals surface area contributed by atoms with Crippen molar-refractivity contribution < 1.29 is 54.8 Å². The number of aliphatic hydroxyl groups excluding tert-OH is 5. The average molecular weight is 697 g/mol. The molecule has 0 aromatic heterocycles. The summed E-state index contributed by atoms with van der Waals surface area (Å²) in [6, 6.07) is 0. The Morgan fingerprint density at radius 3 is 2.08 bits per heavy atom. The van der Waals surface area contributed by atoms with Crippen molar-refractivity contribution >= 4 is 5.97 Å². The number of hydrogen-bond acceptors (Lipinski definition) is 11. The fraction of sp³-hybridized carbons (Fsp3) is 0.921. The summed E-state index contributed by atoms with van der Waals surface area (Å²) in [7, 11) is 0. The minimum atomic E-state index is -1.64. The Kier molecular flexibility index (Phi) is 10.4. The van der Waals surface area contributed by atoms with Gasteiger partial charge < -0.3 is 50.0 Å². The SMILES string of the molecule is CC(=O)OC[C@H]1O[C@@H](O[C@H]2[C@H](O)[C@@H](O)[C@]3(C)[C@H]4CC[C@@H]5[C@@H]([C@](C)(O)C/C=C/C(C)(C)O)CC[C@@]5(C)[C@]4(C)CC[C@H]3C2(C)C)[C@H](O)[C@@H](O)[C@@H]1O. The summed E-state index contributed by atoms with van der Waals surface area (Å²) in [6.07, 6.45) is -1.44. The third kappa shape index (κ3) is 6.35. The molecule has 4 aliphatic carbocycles. The number of esters is 1. The van der Waals surface area contributed by atoms with Gasteiger partial charge in [0.25, 0.3) is 0 Å². The molecule has 1 saturated heterocycles. The van der Waals surface area contributed by atoms with E-state index in [2.05, 4.69) is 20.8 Å². The highest BCUT2D eigenvalue weighted by atomic mass is 16.7. The van der Waals surface area contributed by atoms with Gasteiger partial charge in [-0.1, -0.05) is 46.8 Å². The number of fused-ring (bicyclic) bond motifs is 5. The van der Waals surface area contributed by atoms with E-state index in [9.17, 15) is 40.5 Å². The van der Waals surface area contributed by atoms with E-state index in [-0.39, 0.29) is 35.2 Å². The number of rotatable bonds is 8. The number of aliphatic hydroxyl groups is 7. The molecule has 49 heavy (non-hydrogen) atoms. The van der Waals surface area contributed by atoms with Gasteiger partial charge in [0.05, 0.1) is 23.4 Å². The molecule has 5 rings (SSSR count). The zero-order valence-electron chi connectivity index (χ0n) is 31.0. The van der Waals surface area contributed by atoms with Crippen molar-refractivity contribution in [3.05, 3.63) is 12.2 Å². The van der Waals surface area contributed by atoms with Crippen LogP contribution in [-0.2, 0) is 19.0 Å². The van der Waals surface area contributed by atoms with Crippen LogP contribution in [0.2, 0.25) is 0 Å². The first-order chi connectivity index (χ1) is 22.4. The largest absolute Gasteiger partial charge is 0.463 e. The van der Waals surface area contributed by atoms with E-state index in [1.807, 2.05) is 26.8 Å². The van der Waals surface area contributed by atoms with Gasteiger partial charge in [-0.15, -0.1) is 0 Å². The average Bonchev–Trinajstić information content (AvgIpc) is 3.36. The van der Waals surface area contributed by atoms with Gasteiger partial charge in [0.1, 0.15) is 37.1 Å². The van der Waals surface area contributed by atoms with Crippen molar-refractivity contribution in [2.24, 2.45) is 45.3 Å². The molecule has 4 saturated carbocycles. The quantitative estimate of drug-likeness (QED) is 0.112. The molecule has 0 bridgehead atoms. The van der Waals surface area contributed by atoms with E-state index in [0.717, 1.165) is 38.5 Å². The maximum Gasteiger partial charge on any atom is 0.302 e. The zero-order chi connectivity index (χ0) is 36.7. The minimum Gasteiger partial charge on any atom is -0.463 e. The second kappa shape index (κ2) is 13.1. The van der Waals surface area contributed by atoms with Crippen molar-refractivity contribution in [1.82, 2.24) is 0 Å². The molecule has 0 spiro atoms. The molecule has 0 radical (unpaired) electrons. The number of carbonyl (C=O) groups excluding carboxylic acids is 1. The highest BCUT2D eigenvalue weighted by Crippen LogP contribution is 2.76. The Balaban J connectivity index is 1.39. The van der Waals surface area contributed by atoms with Crippen LogP contribution in [0.1, 0.15) is 107 Å². The molecule has 11 heteroatoms. The predicted molar refractivity (Wildman–Crippen MR) is 181 cm³/mol. The molecule has 5 fully saturated rings. The molecule has 11 nitrogen and oxygen atoms in total. The lowest BCUT2D eigenvalue weighted by molar-refractivity contribution is -0.355. The van der Waals surface area contributed by atoms with Crippen molar-refractivity contribution in [1.29, 1.82) is 0 Å². The predicted octanol–water partition coefficient (Wildman–Crippen LogP) is 2.84. The lowest BCUT2D eigenvalue weighted by atomic mass is 9.34. The Labute approximate surface area is 292 Å². The van der Waals surface area contributed by atoms with Crippen molar-refractivity contribution in [2.75, 3.05) is 6.61 Å². The van der Waals surface area contributed by atoms with Crippen molar-refractivity contribution in [3.8, 4) is 0 Å². The number of carbonyl (C=O) groups is 1. The van der Waals surface area contributed by atoms with Gasteiger partial charge in [0.15, 0.2) is 6.29 Å². The molecule has 1 heterocycles. The van der Waals surface area contributed by atoms with Gasteiger partial charge in [-0.3, -0.25) is 4.79 Å². The fourth-order valence-corrected chi connectivity index (χ4v) is 12.0. The number of ether oxygens (including phenoxy) is 3. The van der Waals surface area contributed by atoms with E-state index in [0.29, 0.717) is 12.3 Å². The van der Waals surface area contributed by atoms with Gasteiger partial charge >= 0.3 is 5.97 Å². The summed E-state index contributed by atoms with van der Waals surface area (Å²) in [6.45, 7) is 17.2. The summed E-state index contributed by atoms with van der Waals surface area (Å²) < 4.78 is 17.1. The first-order valence-electron chi connectivity index (χ1n) is 18.4. The molecular weight excluding hydrogens is 632 g/mol. The summed E-state index contributed by atoms with van der Waals surface area (Å²) >= 11 is 0. The van der Waals surface area contributed by atoms with Crippen LogP contribution in [0, 0.1) is 45.3 Å². The first kappa shape index (κ1) is 39.1. The van der Waals surface area contributed by atoms with E-state index in [1.54, 1.807) is 19.9 Å². The Hall–Kier alpha value is -1.15. The van der Waals surface area contributed by atoms with Crippen LogP contribution in [0.5, 0.6) is 0 Å². The first-order valence-corrected chi connectivity index (χ1v) is 18.4. The smallest absolute Gasteiger partial charge is 0.302 e. The summed E-state index contributed by atoms with van der Waals surface area (Å²) in [5, 5.41) is 78.1. The van der Waals surface area contributed by atoms with Crippen LogP contribution in [0.15, 0.2) is 12.2 Å². The van der Waals surface area contributed by atoms with Crippen LogP contribution in [0.25, 0.3) is 0 Å². The van der Waals surface area contributed by atoms with Gasteiger partial charge in [0, 0.05) is 12.3 Å². The molecule has 0 unspecified atom stereocenters. The van der Waals surface area contributed by atoms with Gasteiger partial charge in [-0.05, 0) is 106 Å². The lowest BCUT2D eigenvalue weighted by Gasteiger charge is -2.71. The molecule has 16 atom stereocenters. The fourth-order valence-electron chi connectivity index (χ4n) is 12.0. The Bertz CT molecular complexity index is 1240. The molecule has 0 aromatic carbocycles. The minimum absolute atomic E-state index is 0.0676. The van der Waals surface area contributed by atoms with E-state index < -0.39 is 77.0 Å². The standard InChI is InChI=1S/C38H64O11/c1-20(39)47-19-23-26(40)27(41)28(42)32(48-23)49-31-29(43)30(44)38(9)24(34(31,4)5)14-18-36(7)25(38)12-11-21-22(13-17-35(21,36)6)37(8,46)16-10-15-33(2,3)45/h10,15,21-32,40-46H,11-14,16-19H2,1-9H3/b15-10+/t21-,22+,23-,24+,25+,26-,27+,28-,29-,30-,31+,32+,35-,36-,37-,38+/m1/s1. The van der Waals surface area contributed by atoms with E-state index in [1.165, 1.54) is 6.92 Å². The van der Waals surface area contributed by atoms with Gasteiger partial charge in [-0.2, -0.15) is 0 Å². The maximum atomic E-state index is 12.2. The van der Waals surface area contributed by atoms with Gasteiger partial charge in [0.2, 0.25) is 0 Å². The maximum absolute atomic E-state index is 12.2. The van der Waals surface area contributed by atoms with Crippen molar-refractivity contribution in [3.63, 3.8) is 0 Å². The van der Waals surface area contributed by atoms with Crippen LogP contribution < -0.4 is 0 Å². The zero-order valence-corrected chi connectivity index (χ0v) is 31.0. The summed E-state index contributed by atoms with van der Waals surface area (Å²) in [5.41, 5.74) is -3.48. The third-order valence-corrected chi connectivity index (χ3v) is 14.7. The van der Waals surface area contributed by atoms with E-state index in [4.69, 9.17) is 14.2 Å². The molecule has 282 valence electrons. The molecule has 5 aliphatic rings.